The van der Waals surface area contributed by atoms with E-state index in [9.17, 15) is 0 Å². The van der Waals surface area contributed by atoms with Crippen LogP contribution in [0.1, 0.15) is 24.1 Å². The van der Waals surface area contributed by atoms with Crippen molar-refractivity contribution in [1.29, 1.82) is 0 Å². The molecule has 0 radical (unpaired) electrons. The number of rotatable bonds is 7. The standard InChI is InChI=1S/C27H30N6S/c1-2-32-26(24-13-15-28-16-14-24)29-33(27(32)34)21-30-17-19-31(20-18-30)25(22-9-5-3-6-10-22)23-11-7-4-8-12-23/h3-16,25H,2,17-21H2,1H3. The van der Waals surface area contributed by atoms with Crippen LogP contribution in [0.4, 0.5) is 0 Å². The van der Waals surface area contributed by atoms with E-state index in [1.54, 1.807) is 12.4 Å². The second kappa shape index (κ2) is 10.4. The van der Waals surface area contributed by atoms with Crippen molar-refractivity contribution in [2.45, 2.75) is 26.2 Å². The van der Waals surface area contributed by atoms with Gasteiger partial charge >= 0.3 is 0 Å². The van der Waals surface area contributed by atoms with E-state index in [-0.39, 0.29) is 6.04 Å². The lowest BCUT2D eigenvalue weighted by atomic mass is 9.96. The summed E-state index contributed by atoms with van der Waals surface area (Å²) in [5, 5.41) is 4.89. The van der Waals surface area contributed by atoms with Crippen molar-refractivity contribution in [3.05, 3.63) is 101 Å². The van der Waals surface area contributed by atoms with Gasteiger partial charge < -0.3 is 4.57 Å². The van der Waals surface area contributed by atoms with Crippen molar-refractivity contribution < 1.29 is 0 Å². The average Bonchev–Trinajstić information content (AvgIpc) is 3.22. The molecule has 34 heavy (non-hydrogen) atoms. The minimum Gasteiger partial charge on any atom is -0.300 e. The fourth-order valence-electron chi connectivity index (χ4n) is 4.77. The first-order valence-electron chi connectivity index (χ1n) is 11.9. The molecule has 0 spiro atoms. The first-order chi connectivity index (χ1) is 16.7. The second-order valence-electron chi connectivity index (χ2n) is 8.61. The van der Waals surface area contributed by atoms with Crippen molar-refractivity contribution in [3.8, 4) is 11.4 Å². The summed E-state index contributed by atoms with van der Waals surface area (Å²) in [5.41, 5.74) is 3.72. The molecule has 1 aliphatic rings. The molecular weight excluding hydrogens is 440 g/mol. The fraction of sp³-hybridized carbons (Fsp3) is 0.296. The molecule has 1 fully saturated rings. The van der Waals surface area contributed by atoms with Crippen molar-refractivity contribution in [1.82, 2.24) is 29.1 Å². The van der Waals surface area contributed by atoms with Gasteiger partial charge in [0.2, 0.25) is 0 Å². The molecular formula is C27H30N6S. The minimum absolute atomic E-state index is 0.268. The quantitative estimate of drug-likeness (QED) is 0.361. The molecule has 0 aliphatic carbocycles. The van der Waals surface area contributed by atoms with Gasteiger partial charge in [-0.2, -0.15) is 5.10 Å². The summed E-state index contributed by atoms with van der Waals surface area (Å²) in [5.74, 6) is 0.904. The SMILES string of the molecule is CCn1c(-c2ccncc2)nn(CN2CCN(C(c3ccccc3)c3ccccc3)CC2)c1=S. The van der Waals surface area contributed by atoms with Gasteiger partial charge in [0.25, 0.3) is 0 Å². The molecule has 1 saturated heterocycles. The first-order valence-corrected chi connectivity index (χ1v) is 12.3. The van der Waals surface area contributed by atoms with Crippen LogP contribution in [0.3, 0.4) is 0 Å². The molecule has 0 bridgehead atoms. The zero-order valence-corrected chi connectivity index (χ0v) is 20.3. The van der Waals surface area contributed by atoms with Gasteiger partial charge in [-0.3, -0.25) is 14.8 Å². The Bertz CT molecular complexity index is 1210. The maximum atomic E-state index is 5.78. The maximum absolute atomic E-state index is 5.78. The van der Waals surface area contributed by atoms with Crippen molar-refractivity contribution >= 4 is 12.2 Å². The molecule has 0 amide bonds. The third kappa shape index (κ3) is 4.73. The van der Waals surface area contributed by atoms with Gasteiger partial charge in [-0.25, -0.2) is 4.68 Å². The van der Waals surface area contributed by atoms with Crippen molar-refractivity contribution in [3.63, 3.8) is 0 Å². The highest BCUT2D eigenvalue weighted by Gasteiger charge is 2.27. The van der Waals surface area contributed by atoms with Gasteiger partial charge in [0.05, 0.1) is 12.7 Å². The predicted molar refractivity (Wildman–Crippen MR) is 138 cm³/mol. The fourth-order valence-corrected chi connectivity index (χ4v) is 5.08. The normalized spacial score (nSPS) is 15.1. The Morgan fingerprint density at radius 1 is 0.824 bits per heavy atom. The highest BCUT2D eigenvalue weighted by atomic mass is 32.1. The van der Waals surface area contributed by atoms with Crippen LogP contribution in [0, 0.1) is 4.77 Å². The molecule has 2 aromatic heterocycles. The van der Waals surface area contributed by atoms with Crippen LogP contribution in [0.15, 0.2) is 85.2 Å². The molecule has 3 heterocycles. The highest BCUT2D eigenvalue weighted by molar-refractivity contribution is 7.71. The van der Waals surface area contributed by atoms with E-state index in [4.69, 9.17) is 17.3 Å². The number of piperazine rings is 1. The highest BCUT2D eigenvalue weighted by Crippen LogP contribution is 2.29. The summed E-state index contributed by atoms with van der Waals surface area (Å²) in [6.07, 6.45) is 3.60. The van der Waals surface area contributed by atoms with Gasteiger partial charge in [0, 0.05) is 50.7 Å². The van der Waals surface area contributed by atoms with Crippen LogP contribution in [-0.2, 0) is 13.2 Å². The molecule has 1 aliphatic heterocycles. The summed E-state index contributed by atoms with van der Waals surface area (Å²) >= 11 is 5.78. The number of nitrogens with zero attached hydrogens (tertiary/aromatic N) is 6. The number of benzene rings is 2. The Morgan fingerprint density at radius 2 is 1.41 bits per heavy atom. The van der Waals surface area contributed by atoms with Crippen molar-refractivity contribution in [2.24, 2.45) is 0 Å². The van der Waals surface area contributed by atoms with Crippen molar-refractivity contribution in [2.75, 3.05) is 26.2 Å². The maximum Gasteiger partial charge on any atom is 0.199 e. The van der Waals surface area contributed by atoms with Crippen LogP contribution in [0.2, 0.25) is 0 Å². The molecule has 7 heteroatoms. The number of pyridine rings is 1. The molecule has 2 aromatic carbocycles. The van der Waals surface area contributed by atoms with E-state index < -0.39 is 0 Å². The number of hydrogen-bond donors (Lipinski definition) is 0. The van der Waals surface area contributed by atoms with Crippen LogP contribution >= 0.6 is 12.2 Å². The van der Waals surface area contributed by atoms with Crippen LogP contribution in [0.5, 0.6) is 0 Å². The Kier molecular flexibility index (Phi) is 6.94. The Labute approximate surface area is 206 Å². The zero-order chi connectivity index (χ0) is 23.3. The van der Waals surface area contributed by atoms with Crippen LogP contribution in [-0.4, -0.2) is 55.3 Å². The predicted octanol–water partition coefficient (Wildman–Crippen LogP) is 4.86. The summed E-state index contributed by atoms with van der Waals surface area (Å²) in [7, 11) is 0. The minimum atomic E-state index is 0.268. The Morgan fingerprint density at radius 3 is 1.97 bits per heavy atom. The smallest absolute Gasteiger partial charge is 0.199 e. The molecule has 0 saturated carbocycles. The molecule has 6 nitrogen and oxygen atoms in total. The summed E-state index contributed by atoms with van der Waals surface area (Å²) in [6.45, 7) is 7.54. The number of aromatic nitrogens is 4. The van der Waals surface area contributed by atoms with Gasteiger partial charge in [-0.1, -0.05) is 60.7 Å². The molecule has 5 rings (SSSR count). The Balaban J connectivity index is 1.32. The largest absolute Gasteiger partial charge is 0.300 e. The van der Waals surface area contributed by atoms with E-state index in [2.05, 4.69) is 86.9 Å². The summed E-state index contributed by atoms with van der Waals surface area (Å²) < 4.78 is 4.83. The molecule has 0 atom stereocenters. The lowest BCUT2D eigenvalue weighted by molar-refractivity contribution is 0.0843. The first kappa shape index (κ1) is 22.7. The Hall–Kier alpha value is -3.13. The molecule has 174 valence electrons. The van der Waals surface area contributed by atoms with Gasteiger partial charge in [-0.15, -0.1) is 0 Å². The third-order valence-corrected chi connectivity index (χ3v) is 6.95. The summed E-state index contributed by atoms with van der Waals surface area (Å²) in [6, 6.07) is 25.9. The van der Waals surface area contributed by atoms with Gasteiger partial charge in [-0.05, 0) is 42.4 Å². The lowest BCUT2D eigenvalue weighted by Crippen LogP contribution is -2.48. The second-order valence-corrected chi connectivity index (χ2v) is 8.97. The molecule has 0 unspecified atom stereocenters. The van der Waals surface area contributed by atoms with Crippen LogP contribution < -0.4 is 0 Å². The monoisotopic (exact) mass is 470 g/mol. The molecule has 4 aromatic rings. The number of hydrogen-bond acceptors (Lipinski definition) is 5. The molecule has 0 N–H and O–H groups in total. The average molecular weight is 471 g/mol. The van der Waals surface area contributed by atoms with Gasteiger partial charge in [0.15, 0.2) is 10.6 Å². The lowest BCUT2D eigenvalue weighted by Gasteiger charge is -2.39. The topological polar surface area (TPSA) is 42.1 Å². The van der Waals surface area contributed by atoms with E-state index >= 15 is 0 Å². The zero-order valence-electron chi connectivity index (χ0n) is 19.5. The third-order valence-electron chi connectivity index (χ3n) is 6.51. The van der Waals surface area contributed by atoms with E-state index in [0.29, 0.717) is 6.67 Å². The van der Waals surface area contributed by atoms with Crippen LogP contribution in [0.25, 0.3) is 11.4 Å². The van der Waals surface area contributed by atoms with E-state index in [1.165, 1.54) is 11.1 Å². The summed E-state index contributed by atoms with van der Waals surface area (Å²) in [4.78, 5) is 9.17. The van der Waals surface area contributed by atoms with Gasteiger partial charge in [0.1, 0.15) is 0 Å². The van der Waals surface area contributed by atoms with E-state index in [0.717, 1.165) is 48.9 Å². The van der Waals surface area contributed by atoms with E-state index in [1.807, 2.05) is 16.8 Å².